The van der Waals surface area contributed by atoms with Crippen molar-refractivity contribution in [1.82, 2.24) is 19.5 Å². The monoisotopic (exact) mass is 540 g/mol. The number of alkyl halides is 1. The lowest BCUT2D eigenvalue weighted by Crippen LogP contribution is -2.21. The molecule has 1 amide bonds. The first kappa shape index (κ1) is 25.4. The third kappa shape index (κ3) is 4.51. The van der Waals surface area contributed by atoms with Gasteiger partial charge < -0.3 is 19.9 Å². The molecule has 10 heteroatoms. The molecule has 0 saturated heterocycles. The third-order valence-corrected chi connectivity index (χ3v) is 6.94. The highest BCUT2D eigenvalue weighted by Gasteiger charge is 2.27. The van der Waals surface area contributed by atoms with Crippen LogP contribution in [-0.2, 0) is 18.3 Å². The predicted molar refractivity (Wildman–Crippen MR) is 150 cm³/mol. The molecule has 6 rings (SSSR count). The molecule has 3 aromatic heterocycles. The van der Waals surface area contributed by atoms with Crippen LogP contribution in [0.25, 0.3) is 33.4 Å². The van der Waals surface area contributed by atoms with Crippen molar-refractivity contribution in [2.24, 2.45) is 7.05 Å². The largest absolute Gasteiger partial charge is 0.439 e. The fourth-order valence-corrected chi connectivity index (χ4v) is 5.09. The van der Waals surface area contributed by atoms with Crippen molar-refractivity contribution in [3.8, 4) is 34.0 Å². The number of aryl methyl sites for hydroxylation is 2. The van der Waals surface area contributed by atoms with Crippen LogP contribution in [0.15, 0.2) is 60.9 Å². The fourth-order valence-electron chi connectivity index (χ4n) is 5.09. The van der Waals surface area contributed by atoms with Gasteiger partial charge in [0.05, 0.1) is 11.1 Å². The van der Waals surface area contributed by atoms with Crippen molar-refractivity contribution < 1.29 is 18.3 Å². The first-order chi connectivity index (χ1) is 19.3. The molecule has 2 N–H and O–H groups in total. The first-order valence-corrected chi connectivity index (χ1v) is 12.9. The van der Waals surface area contributed by atoms with Crippen LogP contribution in [0.4, 0.5) is 20.3 Å². The minimum absolute atomic E-state index is 0.172. The van der Waals surface area contributed by atoms with Gasteiger partial charge in [-0.15, -0.1) is 0 Å². The molecule has 0 spiro atoms. The van der Waals surface area contributed by atoms with Gasteiger partial charge in [0.2, 0.25) is 5.88 Å². The van der Waals surface area contributed by atoms with Crippen LogP contribution < -0.4 is 15.4 Å². The van der Waals surface area contributed by atoms with Gasteiger partial charge in [-0.05, 0) is 67.8 Å². The summed E-state index contributed by atoms with van der Waals surface area (Å²) in [7, 11) is 1.83. The Kier molecular flexibility index (Phi) is 6.37. The van der Waals surface area contributed by atoms with Crippen LogP contribution in [0.1, 0.15) is 18.2 Å². The number of ether oxygens (including phenoxy) is 1. The van der Waals surface area contributed by atoms with Crippen molar-refractivity contribution in [3.05, 3.63) is 78.0 Å². The molecule has 0 saturated carbocycles. The van der Waals surface area contributed by atoms with Gasteiger partial charge >= 0.3 is 0 Å². The summed E-state index contributed by atoms with van der Waals surface area (Å²) < 4.78 is 37.0. The maximum Gasteiger partial charge on any atom is 0.258 e. The molecule has 40 heavy (non-hydrogen) atoms. The van der Waals surface area contributed by atoms with Crippen LogP contribution in [0.2, 0.25) is 0 Å². The summed E-state index contributed by atoms with van der Waals surface area (Å²) in [5.41, 5.74) is 5.27. The van der Waals surface area contributed by atoms with Crippen LogP contribution in [0.5, 0.6) is 11.6 Å². The molecular weight excluding hydrogens is 514 g/mol. The van der Waals surface area contributed by atoms with Crippen molar-refractivity contribution in [1.29, 1.82) is 0 Å². The van der Waals surface area contributed by atoms with Gasteiger partial charge in [-0.1, -0.05) is 12.1 Å². The Hall–Kier alpha value is -4.86. The first-order valence-electron chi connectivity index (χ1n) is 12.9. The lowest BCUT2D eigenvalue weighted by molar-refractivity contribution is -0.120. The number of nitrogens with one attached hydrogen (secondary N) is 2. The van der Waals surface area contributed by atoms with E-state index < -0.39 is 17.9 Å². The molecule has 2 aromatic carbocycles. The Balaban J connectivity index is 1.51. The number of anilines is 2. The summed E-state index contributed by atoms with van der Waals surface area (Å²) in [6.45, 7) is 3.66. The standard InChI is InChI=1S/C30H26F2N6O2/c1-16-5-4-6-24(36-16)40-20-8-10-21-18(13-20)11-12-33-28-26-25(21)27(38(3)29(26)35-15-34-28)22-9-7-19(14-23(22)32)37-30(39)17(2)31/h4-10,13-15,17H,11-12H2,1-3H3,(H,37,39)(H,33,34,35). The summed E-state index contributed by atoms with van der Waals surface area (Å²) in [5, 5.41) is 6.58. The Morgan fingerprint density at radius 2 is 1.95 bits per heavy atom. The van der Waals surface area contributed by atoms with E-state index in [1.807, 2.05) is 48.9 Å². The SMILES string of the molecule is Cc1cccc(Oc2ccc3c(c2)CCNc2ncnc4c2c-3c(-c2ccc(NC(=O)C(C)F)cc2F)n4C)n1. The van der Waals surface area contributed by atoms with Crippen LogP contribution in [0.3, 0.4) is 0 Å². The van der Waals surface area contributed by atoms with Gasteiger partial charge in [0.25, 0.3) is 5.91 Å². The highest BCUT2D eigenvalue weighted by Crippen LogP contribution is 2.45. The van der Waals surface area contributed by atoms with Crippen LogP contribution in [-0.4, -0.2) is 38.1 Å². The molecule has 1 aliphatic rings. The van der Waals surface area contributed by atoms with Gasteiger partial charge in [-0.3, -0.25) is 4.79 Å². The molecule has 0 aliphatic carbocycles. The van der Waals surface area contributed by atoms with Crippen LogP contribution in [0, 0.1) is 12.7 Å². The van der Waals surface area contributed by atoms with E-state index in [2.05, 4.69) is 25.6 Å². The lowest BCUT2D eigenvalue weighted by Gasteiger charge is -2.18. The fraction of sp³-hybridized carbons (Fsp3) is 0.200. The average Bonchev–Trinajstić information content (AvgIpc) is 3.20. The Morgan fingerprint density at radius 3 is 2.73 bits per heavy atom. The van der Waals surface area contributed by atoms with Gasteiger partial charge in [0.15, 0.2) is 6.17 Å². The second-order valence-electron chi connectivity index (χ2n) is 9.72. The van der Waals surface area contributed by atoms with E-state index in [9.17, 15) is 9.18 Å². The minimum Gasteiger partial charge on any atom is -0.439 e. The summed E-state index contributed by atoms with van der Waals surface area (Å²) in [6.07, 6.45) is 0.441. The second kappa shape index (κ2) is 10.0. The molecule has 5 aromatic rings. The molecule has 4 heterocycles. The normalized spacial score (nSPS) is 13.1. The number of benzene rings is 2. The molecule has 0 radical (unpaired) electrons. The van der Waals surface area contributed by atoms with E-state index in [4.69, 9.17) is 4.74 Å². The number of carbonyl (C=O) groups is 1. The topological polar surface area (TPSA) is 94.0 Å². The van der Waals surface area contributed by atoms with Crippen LogP contribution >= 0.6 is 0 Å². The number of hydrogen-bond acceptors (Lipinski definition) is 6. The Labute approximate surface area is 229 Å². The molecule has 1 aliphatic heterocycles. The Bertz CT molecular complexity index is 1780. The molecule has 1 atom stereocenters. The number of nitrogens with zero attached hydrogens (tertiary/aromatic N) is 4. The van der Waals surface area contributed by atoms with Gasteiger partial charge in [0, 0.05) is 42.2 Å². The smallest absolute Gasteiger partial charge is 0.258 e. The Morgan fingerprint density at radius 1 is 1.12 bits per heavy atom. The average molecular weight is 541 g/mol. The number of halogens is 2. The van der Waals surface area contributed by atoms with Crippen molar-refractivity contribution in [3.63, 3.8) is 0 Å². The number of hydrogen-bond donors (Lipinski definition) is 2. The number of carbonyl (C=O) groups excluding carboxylic acids is 1. The van der Waals surface area contributed by atoms with E-state index in [0.29, 0.717) is 47.3 Å². The van der Waals surface area contributed by atoms with Crippen molar-refractivity contribution in [2.75, 3.05) is 17.2 Å². The summed E-state index contributed by atoms with van der Waals surface area (Å²) >= 11 is 0. The molecule has 8 nitrogen and oxygen atoms in total. The van der Waals surface area contributed by atoms with Gasteiger partial charge in [-0.25, -0.2) is 23.7 Å². The van der Waals surface area contributed by atoms with Crippen molar-refractivity contribution in [2.45, 2.75) is 26.4 Å². The highest BCUT2D eigenvalue weighted by molar-refractivity contribution is 6.09. The zero-order chi connectivity index (χ0) is 28.0. The number of aromatic nitrogens is 4. The zero-order valence-corrected chi connectivity index (χ0v) is 22.1. The number of fused-ring (bicyclic) bond motifs is 2. The van der Waals surface area contributed by atoms with E-state index in [0.717, 1.165) is 34.7 Å². The number of pyridine rings is 1. The lowest BCUT2D eigenvalue weighted by atomic mass is 9.92. The van der Waals surface area contributed by atoms with E-state index >= 15 is 4.39 Å². The quantitative estimate of drug-likeness (QED) is 0.276. The zero-order valence-electron chi connectivity index (χ0n) is 22.1. The maximum atomic E-state index is 15.7. The summed E-state index contributed by atoms with van der Waals surface area (Å²) in [6, 6.07) is 15.8. The van der Waals surface area contributed by atoms with Gasteiger partial charge in [0.1, 0.15) is 29.4 Å². The summed E-state index contributed by atoms with van der Waals surface area (Å²) in [4.78, 5) is 25.3. The van der Waals surface area contributed by atoms with E-state index in [-0.39, 0.29) is 5.69 Å². The molecule has 0 fully saturated rings. The molecule has 0 bridgehead atoms. The van der Waals surface area contributed by atoms with E-state index in [1.165, 1.54) is 12.4 Å². The molecular formula is C30H26F2N6O2. The predicted octanol–water partition coefficient (Wildman–Crippen LogP) is 6.20. The van der Waals surface area contributed by atoms with Crippen molar-refractivity contribution >= 4 is 28.4 Å². The van der Waals surface area contributed by atoms with E-state index in [1.54, 1.807) is 18.2 Å². The minimum atomic E-state index is -1.71. The maximum absolute atomic E-state index is 15.7. The number of rotatable bonds is 5. The third-order valence-electron chi connectivity index (χ3n) is 6.94. The highest BCUT2D eigenvalue weighted by atomic mass is 19.1. The number of amides is 1. The summed E-state index contributed by atoms with van der Waals surface area (Å²) in [5.74, 6) is 0.408. The molecule has 202 valence electrons. The molecule has 1 unspecified atom stereocenters. The van der Waals surface area contributed by atoms with Gasteiger partial charge in [-0.2, -0.15) is 0 Å². The second-order valence-corrected chi connectivity index (χ2v) is 9.72.